The van der Waals surface area contributed by atoms with E-state index in [4.69, 9.17) is 0 Å². The number of hydrogen-bond acceptors (Lipinski definition) is 5. The third kappa shape index (κ3) is 4.15. The van der Waals surface area contributed by atoms with E-state index in [2.05, 4.69) is 47.4 Å². The zero-order chi connectivity index (χ0) is 19.7. The summed E-state index contributed by atoms with van der Waals surface area (Å²) in [6, 6.07) is 6.53. The lowest BCUT2D eigenvalue weighted by Crippen LogP contribution is -2.32. The van der Waals surface area contributed by atoms with Crippen molar-refractivity contribution in [1.29, 1.82) is 0 Å². The number of amides is 1. The van der Waals surface area contributed by atoms with Gasteiger partial charge in [0.2, 0.25) is 5.91 Å². The SMILES string of the molecule is Cc1cc(C)cc(-n2ncc3c2CCC[C@H]3NC(=O)CSc2nc(C)cs2)c1. The van der Waals surface area contributed by atoms with E-state index in [1.54, 1.807) is 11.3 Å². The molecule has 0 saturated heterocycles. The summed E-state index contributed by atoms with van der Waals surface area (Å²) in [4.78, 5) is 16.9. The monoisotopic (exact) mass is 412 g/mol. The minimum Gasteiger partial charge on any atom is -0.348 e. The number of aryl methyl sites for hydroxylation is 3. The molecule has 0 radical (unpaired) electrons. The number of aromatic nitrogens is 3. The Balaban J connectivity index is 1.48. The first-order valence-corrected chi connectivity index (χ1v) is 11.4. The lowest BCUT2D eigenvalue weighted by atomic mass is 9.93. The van der Waals surface area contributed by atoms with E-state index < -0.39 is 0 Å². The van der Waals surface area contributed by atoms with Gasteiger partial charge in [0.05, 0.1) is 23.7 Å². The number of carbonyl (C=O) groups excluding carboxylic acids is 1. The highest BCUT2D eigenvalue weighted by molar-refractivity contribution is 8.01. The van der Waals surface area contributed by atoms with Gasteiger partial charge in [-0.3, -0.25) is 4.79 Å². The van der Waals surface area contributed by atoms with Gasteiger partial charge in [0, 0.05) is 22.3 Å². The van der Waals surface area contributed by atoms with Gasteiger partial charge in [0.1, 0.15) is 0 Å². The van der Waals surface area contributed by atoms with Gasteiger partial charge in [-0.15, -0.1) is 11.3 Å². The predicted molar refractivity (Wildman–Crippen MR) is 114 cm³/mol. The van der Waals surface area contributed by atoms with Crippen LogP contribution in [0.2, 0.25) is 0 Å². The average molecular weight is 413 g/mol. The topological polar surface area (TPSA) is 59.8 Å². The number of nitrogens with zero attached hydrogens (tertiary/aromatic N) is 3. The molecule has 1 amide bonds. The number of fused-ring (bicyclic) bond motifs is 1. The Labute approximate surface area is 173 Å². The second-order valence-corrected chi connectivity index (χ2v) is 9.44. The van der Waals surface area contributed by atoms with Gasteiger partial charge in [-0.05, 0) is 63.3 Å². The van der Waals surface area contributed by atoms with Gasteiger partial charge in [-0.2, -0.15) is 5.10 Å². The molecule has 1 N–H and O–H groups in total. The van der Waals surface area contributed by atoms with E-state index in [9.17, 15) is 4.79 Å². The third-order valence-corrected chi connectivity index (χ3v) is 7.03. The summed E-state index contributed by atoms with van der Waals surface area (Å²) < 4.78 is 2.99. The number of carbonyl (C=O) groups is 1. The maximum Gasteiger partial charge on any atom is 0.230 e. The van der Waals surface area contributed by atoms with Crippen molar-refractivity contribution in [3.8, 4) is 5.69 Å². The maximum atomic E-state index is 12.5. The molecule has 0 unspecified atom stereocenters. The molecular formula is C21H24N4OS2. The van der Waals surface area contributed by atoms with Crippen LogP contribution in [-0.4, -0.2) is 26.4 Å². The Bertz CT molecular complexity index is 988. The summed E-state index contributed by atoms with van der Waals surface area (Å²) in [7, 11) is 0. The normalized spacial score (nSPS) is 16.0. The highest BCUT2D eigenvalue weighted by Gasteiger charge is 2.26. The number of nitrogens with one attached hydrogen (secondary N) is 1. The van der Waals surface area contributed by atoms with Crippen LogP contribution >= 0.6 is 23.1 Å². The molecule has 2 aromatic heterocycles. The van der Waals surface area contributed by atoms with Crippen molar-refractivity contribution < 1.29 is 4.79 Å². The standard InChI is InChI=1S/C21H24N4OS2/c1-13-7-14(2)9-16(8-13)25-19-6-4-5-18(17(19)10-22-25)24-20(26)12-28-21-23-15(3)11-27-21/h7-11,18H,4-6,12H2,1-3H3,(H,24,26)/t18-/m1/s1. The van der Waals surface area contributed by atoms with Gasteiger partial charge in [0.15, 0.2) is 4.34 Å². The van der Waals surface area contributed by atoms with Crippen LogP contribution in [0, 0.1) is 20.8 Å². The lowest BCUT2D eigenvalue weighted by Gasteiger charge is -2.24. The number of rotatable bonds is 5. The fourth-order valence-corrected chi connectivity index (χ4v) is 5.42. The van der Waals surface area contributed by atoms with Crippen LogP contribution < -0.4 is 5.32 Å². The molecule has 0 spiro atoms. The van der Waals surface area contributed by atoms with E-state index in [1.165, 1.54) is 28.6 Å². The Kier molecular flexibility index (Phi) is 5.55. The van der Waals surface area contributed by atoms with Crippen molar-refractivity contribution in [2.45, 2.75) is 50.4 Å². The van der Waals surface area contributed by atoms with E-state index in [0.29, 0.717) is 5.75 Å². The Morgan fingerprint density at radius 2 is 2.07 bits per heavy atom. The van der Waals surface area contributed by atoms with Gasteiger partial charge in [-0.25, -0.2) is 9.67 Å². The minimum atomic E-state index is 0.0366. The summed E-state index contributed by atoms with van der Waals surface area (Å²) in [5.41, 5.74) is 6.92. The fraction of sp³-hybridized carbons (Fsp3) is 0.381. The molecular weight excluding hydrogens is 388 g/mol. The van der Waals surface area contributed by atoms with Crippen LogP contribution in [0.4, 0.5) is 0 Å². The predicted octanol–water partition coefficient (Wildman–Crippen LogP) is 4.54. The summed E-state index contributed by atoms with van der Waals surface area (Å²) in [6.45, 7) is 6.19. The first kappa shape index (κ1) is 19.2. The van der Waals surface area contributed by atoms with E-state index >= 15 is 0 Å². The molecule has 0 fully saturated rings. The molecule has 1 aliphatic carbocycles. The van der Waals surface area contributed by atoms with Gasteiger partial charge < -0.3 is 5.32 Å². The van der Waals surface area contributed by atoms with E-state index in [1.807, 2.05) is 23.2 Å². The second kappa shape index (κ2) is 8.09. The molecule has 2 heterocycles. The lowest BCUT2D eigenvalue weighted by molar-refractivity contribution is -0.119. The molecule has 0 saturated carbocycles. The molecule has 1 atom stereocenters. The van der Waals surface area contributed by atoms with Crippen molar-refractivity contribution in [2.24, 2.45) is 0 Å². The molecule has 0 aliphatic heterocycles. The summed E-state index contributed by atoms with van der Waals surface area (Å²) in [5, 5.41) is 9.87. The van der Waals surface area contributed by atoms with Crippen LogP contribution in [0.15, 0.2) is 34.1 Å². The second-order valence-electron chi connectivity index (χ2n) is 7.36. The zero-order valence-corrected chi connectivity index (χ0v) is 18.0. The van der Waals surface area contributed by atoms with Crippen molar-refractivity contribution in [3.05, 3.63) is 57.9 Å². The Morgan fingerprint density at radius 1 is 1.29 bits per heavy atom. The van der Waals surface area contributed by atoms with Crippen LogP contribution in [0.25, 0.3) is 5.69 Å². The largest absolute Gasteiger partial charge is 0.348 e. The molecule has 1 aromatic carbocycles. The van der Waals surface area contributed by atoms with E-state index in [0.717, 1.165) is 40.5 Å². The molecule has 1 aliphatic rings. The molecule has 0 bridgehead atoms. The molecule has 5 nitrogen and oxygen atoms in total. The highest BCUT2D eigenvalue weighted by Crippen LogP contribution is 2.32. The fourth-order valence-electron chi connectivity index (χ4n) is 3.76. The molecule has 146 valence electrons. The number of thiazole rings is 1. The Hall–Kier alpha value is -2.12. The first-order chi connectivity index (χ1) is 13.5. The summed E-state index contributed by atoms with van der Waals surface area (Å²) in [5.74, 6) is 0.444. The van der Waals surface area contributed by atoms with Crippen LogP contribution in [0.3, 0.4) is 0 Å². The van der Waals surface area contributed by atoms with Gasteiger partial charge in [0.25, 0.3) is 0 Å². The molecule has 4 rings (SSSR count). The van der Waals surface area contributed by atoms with Crippen molar-refractivity contribution in [3.63, 3.8) is 0 Å². The zero-order valence-electron chi connectivity index (χ0n) is 16.4. The Morgan fingerprint density at radius 3 is 2.79 bits per heavy atom. The quantitative estimate of drug-likeness (QED) is 0.625. The third-order valence-electron chi connectivity index (χ3n) is 4.89. The first-order valence-electron chi connectivity index (χ1n) is 9.49. The average Bonchev–Trinajstić information content (AvgIpc) is 3.26. The van der Waals surface area contributed by atoms with Gasteiger partial charge in [-0.1, -0.05) is 17.8 Å². The number of benzene rings is 1. The van der Waals surface area contributed by atoms with Crippen LogP contribution in [0.5, 0.6) is 0 Å². The molecule has 7 heteroatoms. The van der Waals surface area contributed by atoms with E-state index in [-0.39, 0.29) is 11.9 Å². The maximum absolute atomic E-state index is 12.5. The smallest absolute Gasteiger partial charge is 0.230 e. The van der Waals surface area contributed by atoms with Crippen molar-refractivity contribution in [2.75, 3.05) is 5.75 Å². The van der Waals surface area contributed by atoms with Crippen molar-refractivity contribution in [1.82, 2.24) is 20.1 Å². The van der Waals surface area contributed by atoms with Gasteiger partial charge >= 0.3 is 0 Å². The number of hydrogen-bond donors (Lipinski definition) is 1. The van der Waals surface area contributed by atoms with Crippen LogP contribution in [0.1, 0.15) is 47.0 Å². The summed E-state index contributed by atoms with van der Waals surface area (Å²) in [6.07, 6.45) is 4.92. The van der Waals surface area contributed by atoms with Crippen molar-refractivity contribution >= 4 is 29.0 Å². The summed E-state index contributed by atoms with van der Waals surface area (Å²) >= 11 is 3.09. The molecule has 3 aromatic rings. The minimum absolute atomic E-state index is 0.0366. The van der Waals surface area contributed by atoms with Crippen LogP contribution in [-0.2, 0) is 11.2 Å². The molecule has 28 heavy (non-hydrogen) atoms. The highest BCUT2D eigenvalue weighted by atomic mass is 32.2. The number of thioether (sulfide) groups is 1.